The lowest BCUT2D eigenvalue weighted by molar-refractivity contribution is -0.121. The third-order valence-corrected chi connectivity index (χ3v) is 5.46. The molecule has 96 valence electrons. The van der Waals surface area contributed by atoms with Gasteiger partial charge >= 0.3 is 0 Å². The Morgan fingerprint density at radius 1 is 1.32 bits per heavy atom. The van der Waals surface area contributed by atoms with Crippen LogP contribution in [-0.4, -0.2) is 10.8 Å². The van der Waals surface area contributed by atoms with Crippen LogP contribution in [0.25, 0.3) is 0 Å². The zero-order valence-corrected chi connectivity index (χ0v) is 10.7. The number of carbonyl (C=O) groups is 1. The van der Waals surface area contributed by atoms with Gasteiger partial charge in [0.1, 0.15) is 5.92 Å². The lowest BCUT2D eigenvalue weighted by Gasteiger charge is -2.11. The maximum Gasteiger partial charge on any atom is 0.159 e. The van der Waals surface area contributed by atoms with Crippen LogP contribution in [0, 0.1) is 40.9 Å². The molecule has 2 bridgehead atoms. The Balaban J connectivity index is 1.57. The molecule has 4 rings (SSSR count). The maximum atomic E-state index is 12.6. The normalized spacial score (nSPS) is 39.4. The molecule has 0 radical (unpaired) electrons. The summed E-state index contributed by atoms with van der Waals surface area (Å²) in [6.07, 6.45) is 5.59. The van der Waals surface area contributed by atoms with E-state index in [1.54, 1.807) is 12.3 Å². The predicted octanol–water partition coefficient (Wildman–Crippen LogP) is 2.55. The summed E-state index contributed by atoms with van der Waals surface area (Å²) in [5.41, 5.74) is 0.618. The molecule has 1 heterocycles. The van der Waals surface area contributed by atoms with Crippen LogP contribution in [-0.2, 0) is 4.79 Å². The van der Waals surface area contributed by atoms with Crippen molar-refractivity contribution in [3.05, 3.63) is 30.1 Å². The van der Waals surface area contributed by atoms with Gasteiger partial charge in [-0.25, -0.2) is 0 Å². The van der Waals surface area contributed by atoms with Gasteiger partial charge in [-0.2, -0.15) is 5.26 Å². The monoisotopic (exact) mass is 252 g/mol. The van der Waals surface area contributed by atoms with Gasteiger partial charge in [0, 0.05) is 12.1 Å². The maximum absolute atomic E-state index is 12.6. The van der Waals surface area contributed by atoms with Crippen LogP contribution in [0.3, 0.4) is 0 Å². The zero-order chi connectivity index (χ0) is 13.0. The number of nitrogens with zero attached hydrogens (tertiary/aromatic N) is 2. The zero-order valence-electron chi connectivity index (χ0n) is 10.7. The standard InChI is InChI=1S/C16H16N2O/c17-8-11(12-3-1-2-6-18-12)16(19)15-13-9-4-5-10(7-9)14(13)15/h1-3,6,9-11,13-15H,4-5,7H2. The first-order valence-corrected chi connectivity index (χ1v) is 7.15. The van der Waals surface area contributed by atoms with E-state index in [0.717, 1.165) is 11.8 Å². The van der Waals surface area contributed by atoms with Crippen LogP contribution in [0.15, 0.2) is 24.4 Å². The second kappa shape index (κ2) is 3.90. The highest BCUT2D eigenvalue weighted by molar-refractivity contribution is 5.92. The molecule has 0 aliphatic heterocycles. The van der Waals surface area contributed by atoms with Gasteiger partial charge in [0.2, 0.25) is 0 Å². The smallest absolute Gasteiger partial charge is 0.159 e. The van der Waals surface area contributed by atoms with E-state index < -0.39 is 5.92 Å². The van der Waals surface area contributed by atoms with Crippen LogP contribution in [0.5, 0.6) is 0 Å². The molecule has 3 saturated carbocycles. The quantitative estimate of drug-likeness (QED) is 0.830. The minimum atomic E-state index is -0.656. The molecule has 1 aromatic heterocycles. The van der Waals surface area contributed by atoms with Crippen LogP contribution in [0.1, 0.15) is 30.9 Å². The number of fused-ring (bicyclic) bond motifs is 5. The van der Waals surface area contributed by atoms with Gasteiger partial charge in [-0.1, -0.05) is 6.07 Å². The third-order valence-electron chi connectivity index (χ3n) is 5.46. The molecule has 0 aromatic carbocycles. The molecule has 0 amide bonds. The highest BCUT2D eigenvalue weighted by atomic mass is 16.1. The molecule has 3 nitrogen and oxygen atoms in total. The fourth-order valence-corrected chi connectivity index (χ4v) is 4.72. The van der Waals surface area contributed by atoms with Crippen molar-refractivity contribution < 1.29 is 4.79 Å². The van der Waals surface area contributed by atoms with Gasteiger partial charge in [0.05, 0.1) is 11.8 Å². The topological polar surface area (TPSA) is 53.8 Å². The number of carbonyl (C=O) groups excluding carboxylic acids is 1. The molecule has 19 heavy (non-hydrogen) atoms. The molecular formula is C16H16N2O. The van der Waals surface area contributed by atoms with Crippen molar-refractivity contribution in [1.29, 1.82) is 5.26 Å². The van der Waals surface area contributed by atoms with Crippen molar-refractivity contribution in [3.63, 3.8) is 0 Å². The van der Waals surface area contributed by atoms with E-state index >= 15 is 0 Å². The Morgan fingerprint density at radius 3 is 2.63 bits per heavy atom. The summed E-state index contributed by atoms with van der Waals surface area (Å²) in [6, 6.07) is 7.62. The van der Waals surface area contributed by atoms with E-state index in [2.05, 4.69) is 11.1 Å². The summed E-state index contributed by atoms with van der Waals surface area (Å²) in [4.78, 5) is 16.8. The molecule has 0 saturated heterocycles. The number of hydrogen-bond donors (Lipinski definition) is 0. The molecule has 0 N–H and O–H groups in total. The van der Waals surface area contributed by atoms with E-state index in [9.17, 15) is 10.1 Å². The van der Waals surface area contributed by atoms with Crippen LogP contribution < -0.4 is 0 Å². The van der Waals surface area contributed by atoms with Gasteiger partial charge in [-0.3, -0.25) is 9.78 Å². The van der Waals surface area contributed by atoms with Crippen LogP contribution in [0.4, 0.5) is 0 Å². The summed E-state index contributed by atoms with van der Waals surface area (Å²) in [5.74, 6) is 2.39. The van der Waals surface area contributed by atoms with Crippen molar-refractivity contribution in [3.8, 4) is 6.07 Å². The van der Waals surface area contributed by atoms with Gasteiger partial charge in [-0.15, -0.1) is 0 Å². The number of nitriles is 1. The molecule has 3 aliphatic carbocycles. The van der Waals surface area contributed by atoms with Crippen molar-refractivity contribution in [2.75, 3.05) is 0 Å². The van der Waals surface area contributed by atoms with Gasteiger partial charge in [0.25, 0.3) is 0 Å². The summed E-state index contributed by atoms with van der Waals surface area (Å²) in [6.45, 7) is 0. The Kier molecular flexibility index (Phi) is 2.29. The molecule has 3 fully saturated rings. The minimum absolute atomic E-state index is 0.132. The summed E-state index contributed by atoms with van der Waals surface area (Å²) < 4.78 is 0. The fourth-order valence-electron chi connectivity index (χ4n) is 4.72. The number of rotatable bonds is 3. The van der Waals surface area contributed by atoms with Gasteiger partial charge in [-0.05, 0) is 55.1 Å². The highest BCUT2D eigenvalue weighted by Gasteiger charge is 2.67. The Hall–Kier alpha value is -1.69. The fraction of sp³-hybridized carbons (Fsp3) is 0.562. The first-order valence-electron chi connectivity index (χ1n) is 7.15. The van der Waals surface area contributed by atoms with E-state index in [1.807, 2.05) is 12.1 Å². The average molecular weight is 252 g/mol. The highest BCUT2D eigenvalue weighted by Crippen LogP contribution is 2.70. The number of aromatic nitrogens is 1. The molecule has 0 spiro atoms. The number of ketones is 1. The lowest BCUT2D eigenvalue weighted by atomic mass is 9.91. The minimum Gasteiger partial charge on any atom is -0.297 e. The third kappa shape index (κ3) is 1.49. The van der Waals surface area contributed by atoms with Crippen molar-refractivity contribution in [1.82, 2.24) is 4.98 Å². The van der Waals surface area contributed by atoms with Gasteiger partial charge in [0.15, 0.2) is 5.78 Å². The molecule has 5 atom stereocenters. The number of Topliss-reactive ketones (excluding diaryl/α,β-unsaturated/α-hetero) is 1. The van der Waals surface area contributed by atoms with E-state index in [0.29, 0.717) is 17.5 Å². The van der Waals surface area contributed by atoms with Crippen molar-refractivity contribution in [2.24, 2.45) is 29.6 Å². The Morgan fingerprint density at radius 2 is 2.05 bits per heavy atom. The SMILES string of the molecule is N#CC(C(=O)C1C2C3CCC(C3)C12)c1ccccn1. The van der Waals surface area contributed by atoms with Gasteiger partial charge < -0.3 is 0 Å². The largest absolute Gasteiger partial charge is 0.297 e. The second-order valence-electron chi connectivity index (χ2n) is 6.23. The summed E-state index contributed by atoms with van der Waals surface area (Å²) in [7, 11) is 0. The molecular weight excluding hydrogens is 236 g/mol. The van der Waals surface area contributed by atoms with E-state index in [1.165, 1.54) is 19.3 Å². The summed E-state index contributed by atoms with van der Waals surface area (Å²) >= 11 is 0. The van der Waals surface area contributed by atoms with E-state index in [-0.39, 0.29) is 11.7 Å². The van der Waals surface area contributed by atoms with Crippen LogP contribution in [0.2, 0.25) is 0 Å². The molecule has 3 aliphatic rings. The number of hydrogen-bond acceptors (Lipinski definition) is 3. The number of pyridine rings is 1. The molecule has 1 aromatic rings. The molecule has 3 heteroatoms. The summed E-state index contributed by atoms with van der Waals surface area (Å²) in [5, 5.41) is 9.33. The lowest BCUT2D eigenvalue weighted by Crippen LogP contribution is -2.18. The van der Waals surface area contributed by atoms with Crippen molar-refractivity contribution in [2.45, 2.75) is 25.2 Å². The van der Waals surface area contributed by atoms with Crippen LogP contribution >= 0.6 is 0 Å². The molecule has 5 unspecified atom stereocenters. The Labute approximate surface area is 112 Å². The first kappa shape index (κ1) is 11.2. The van der Waals surface area contributed by atoms with E-state index in [4.69, 9.17) is 0 Å². The Bertz CT molecular complexity index is 546. The predicted molar refractivity (Wildman–Crippen MR) is 68.9 cm³/mol. The first-order chi connectivity index (χ1) is 9.31. The van der Waals surface area contributed by atoms with Crippen molar-refractivity contribution >= 4 is 5.78 Å². The average Bonchev–Trinajstić information content (AvgIpc) is 2.89. The second-order valence-corrected chi connectivity index (χ2v) is 6.23.